The van der Waals surface area contributed by atoms with Gasteiger partial charge in [-0.3, -0.25) is 9.59 Å². The quantitative estimate of drug-likeness (QED) is 0.765. The summed E-state index contributed by atoms with van der Waals surface area (Å²) in [6, 6.07) is 14.8. The first-order chi connectivity index (χ1) is 12.0. The monoisotopic (exact) mass is 341 g/mol. The van der Waals surface area contributed by atoms with Crippen LogP contribution in [0.25, 0.3) is 0 Å². The van der Waals surface area contributed by atoms with Crippen LogP contribution in [0, 0.1) is 6.92 Å². The van der Waals surface area contributed by atoms with Crippen molar-refractivity contribution < 1.29 is 19.4 Å². The van der Waals surface area contributed by atoms with Crippen molar-refractivity contribution in [1.82, 2.24) is 0 Å². The van der Waals surface area contributed by atoms with Crippen LogP contribution in [0.1, 0.15) is 30.9 Å². The van der Waals surface area contributed by atoms with E-state index in [1.807, 2.05) is 44.2 Å². The molecule has 0 heterocycles. The molecule has 0 aliphatic rings. The molecule has 1 amide bonds. The lowest BCUT2D eigenvalue weighted by Gasteiger charge is -2.18. The molecule has 0 radical (unpaired) electrons. The van der Waals surface area contributed by atoms with Crippen molar-refractivity contribution in [2.45, 2.75) is 39.2 Å². The van der Waals surface area contributed by atoms with Gasteiger partial charge < -0.3 is 15.2 Å². The minimum absolute atomic E-state index is 0.0609. The van der Waals surface area contributed by atoms with Crippen molar-refractivity contribution in [2.24, 2.45) is 0 Å². The largest absolute Gasteiger partial charge is 0.481 e. The molecule has 0 saturated carbocycles. The first-order valence-corrected chi connectivity index (χ1v) is 8.33. The molecule has 2 aromatic carbocycles. The van der Waals surface area contributed by atoms with E-state index in [9.17, 15) is 9.59 Å². The summed E-state index contributed by atoms with van der Waals surface area (Å²) >= 11 is 0. The Morgan fingerprint density at radius 2 is 1.92 bits per heavy atom. The Morgan fingerprint density at radius 3 is 2.60 bits per heavy atom. The predicted octanol–water partition coefficient (Wildman–Crippen LogP) is 3.81. The van der Waals surface area contributed by atoms with Crippen LogP contribution in [0.2, 0.25) is 0 Å². The number of aryl methyl sites for hydroxylation is 2. The van der Waals surface area contributed by atoms with Gasteiger partial charge in [0.05, 0.1) is 0 Å². The highest BCUT2D eigenvalue weighted by Gasteiger charge is 2.19. The summed E-state index contributed by atoms with van der Waals surface area (Å²) < 4.78 is 5.85. The maximum absolute atomic E-state index is 12.5. The second kappa shape index (κ2) is 8.87. The van der Waals surface area contributed by atoms with Gasteiger partial charge in [0, 0.05) is 12.1 Å². The van der Waals surface area contributed by atoms with Crippen molar-refractivity contribution in [3.05, 3.63) is 59.7 Å². The summed E-state index contributed by atoms with van der Waals surface area (Å²) in [6.45, 7) is 3.83. The van der Waals surface area contributed by atoms with E-state index in [0.29, 0.717) is 24.3 Å². The number of carboxylic acid groups (broad SMARTS) is 1. The highest BCUT2D eigenvalue weighted by molar-refractivity contribution is 5.94. The first kappa shape index (κ1) is 18.5. The lowest BCUT2D eigenvalue weighted by Crippen LogP contribution is -2.32. The van der Waals surface area contributed by atoms with Gasteiger partial charge in [-0.15, -0.1) is 0 Å². The predicted molar refractivity (Wildman–Crippen MR) is 96.9 cm³/mol. The van der Waals surface area contributed by atoms with Crippen molar-refractivity contribution in [3.8, 4) is 5.75 Å². The van der Waals surface area contributed by atoms with Gasteiger partial charge in [-0.1, -0.05) is 37.3 Å². The second-order valence-electron chi connectivity index (χ2n) is 5.86. The average molecular weight is 341 g/mol. The number of aliphatic carboxylic acids is 1. The molecular formula is C20H23NO4. The van der Waals surface area contributed by atoms with Crippen LogP contribution in [-0.2, 0) is 16.0 Å². The lowest BCUT2D eigenvalue weighted by atomic mass is 10.1. The van der Waals surface area contributed by atoms with E-state index in [-0.39, 0.29) is 12.3 Å². The minimum atomic E-state index is -0.841. The maximum atomic E-state index is 12.5. The summed E-state index contributed by atoms with van der Waals surface area (Å²) in [5.41, 5.74) is 2.48. The Morgan fingerprint density at radius 1 is 1.16 bits per heavy atom. The van der Waals surface area contributed by atoms with Crippen LogP contribution >= 0.6 is 0 Å². The van der Waals surface area contributed by atoms with Gasteiger partial charge in [-0.05, 0) is 49.1 Å². The summed E-state index contributed by atoms with van der Waals surface area (Å²) in [5.74, 6) is -0.368. The fraction of sp³-hybridized carbons (Fsp3) is 0.300. The summed E-state index contributed by atoms with van der Waals surface area (Å²) in [7, 11) is 0. The first-order valence-electron chi connectivity index (χ1n) is 8.33. The van der Waals surface area contributed by atoms with Gasteiger partial charge in [0.25, 0.3) is 5.91 Å². The number of carbonyl (C=O) groups excluding carboxylic acids is 1. The number of benzene rings is 2. The van der Waals surface area contributed by atoms with Crippen LogP contribution in [0.5, 0.6) is 5.75 Å². The number of anilines is 1. The Labute approximate surface area is 147 Å². The van der Waals surface area contributed by atoms with E-state index in [0.717, 1.165) is 11.1 Å². The van der Waals surface area contributed by atoms with Crippen molar-refractivity contribution in [1.29, 1.82) is 0 Å². The minimum Gasteiger partial charge on any atom is -0.481 e. The lowest BCUT2D eigenvalue weighted by molar-refractivity contribution is -0.137. The zero-order chi connectivity index (χ0) is 18.2. The molecule has 1 unspecified atom stereocenters. The summed E-state index contributed by atoms with van der Waals surface area (Å²) in [4.78, 5) is 23.2. The molecule has 0 aliphatic carbocycles. The second-order valence-corrected chi connectivity index (χ2v) is 5.86. The van der Waals surface area contributed by atoms with Gasteiger partial charge in [-0.25, -0.2) is 0 Å². The highest BCUT2D eigenvalue weighted by Crippen LogP contribution is 2.20. The molecule has 2 aromatic rings. The molecule has 132 valence electrons. The van der Waals surface area contributed by atoms with Gasteiger partial charge in [-0.2, -0.15) is 0 Å². The molecule has 0 fully saturated rings. The molecule has 2 rings (SSSR count). The number of hydrogen-bond acceptors (Lipinski definition) is 3. The third-order valence-corrected chi connectivity index (χ3v) is 3.85. The molecule has 0 spiro atoms. The van der Waals surface area contributed by atoms with Gasteiger partial charge in [0.2, 0.25) is 0 Å². The molecule has 5 heteroatoms. The molecule has 0 aromatic heterocycles. The standard InChI is InChI=1S/C20H23NO4/c1-3-17(25-18-10-5-4-7-14(18)2)20(24)21-16-9-6-8-15(13-16)11-12-19(22)23/h4-10,13,17H,3,11-12H2,1-2H3,(H,21,24)(H,22,23). The zero-order valence-corrected chi connectivity index (χ0v) is 14.5. The van der Waals surface area contributed by atoms with Crippen LogP contribution in [-0.4, -0.2) is 23.1 Å². The number of hydrogen-bond donors (Lipinski definition) is 2. The molecule has 2 N–H and O–H groups in total. The average Bonchev–Trinajstić information content (AvgIpc) is 2.59. The number of rotatable bonds is 8. The smallest absolute Gasteiger partial charge is 0.303 e. The Balaban J connectivity index is 2.03. The van der Waals surface area contributed by atoms with Crippen molar-refractivity contribution >= 4 is 17.6 Å². The van der Waals surface area contributed by atoms with Crippen LogP contribution in [0.15, 0.2) is 48.5 Å². The molecular weight excluding hydrogens is 318 g/mol. The van der Waals surface area contributed by atoms with E-state index in [2.05, 4.69) is 5.32 Å². The van der Waals surface area contributed by atoms with Crippen LogP contribution in [0.3, 0.4) is 0 Å². The fourth-order valence-corrected chi connectivity index (χ4v) is 2.44. The summed E-state index contributed by atoms with van der Waals surface area (Å²) in [5, 5.41) is 11.6. The Kier molecular flexibility index (Phi) is 6.57. The number of ether oxygens (including phenoxy) is 1. The molecule has 0 aliphatic heterocycles. The number of carbonyl (C=O) groups is 2. The number of amides is 1. The van der Waals surface area contributed by atoms with Crippen molar-refractivity contribution in [2.75, 3.05) is 5.32 Å². The van der Waals surface area contributed by atoms with Crippen molar-refractivity contribution in [3.63, 3.8) is 0 Å². The SMILES string of the molecule is CCC(Oc1ccccc1C)C(=O)Nc1cccc(CCC(=O)O)c1. The van der Waals surface area contributed by atoms with Gasteiger partial charge in [0.15, 0.2) is 6.10 Å². The normalized spacial score (nSPS) is 11.6. The van der Waals surface area contributed by atoms with Crippen LogP contribution in [0.4, 0.5) is 5.69 Å². The fourth-order valence-electron chi connectivity index (χ4n) is 2.44. The Hall–Kier alpha value is -2.82. The highest BCUT2D eigenvalue weighted by atomic mass is 16.5. The van der Waals surface area contributed by atoms with E-state index < -0.39 is 12.1 Å². The molecule has 1 atom stereocenters. The topological polar surface area (TPSA) is 75.6 Å². The zero-order valence-electron chi connectivity index (χ0n) is 14.5. The maximum Gasteiger partial charge on any atom is 0.303 e. The Bertz CT molecular complexity index is 742. The third-order valence-electron chi connectivity index (χ3n) is 3.85. The summed E-state index contributed by atoms with van der Waals surface area (Å²) in [6.07, 6.45) is 0.434. The van der Waals surface area contributed by atoms with Gasteiger partial charge in [0.1, 0.15) is 5.75 Å². The van der Waals surface area contributed by atoms with E-state index in [4.69, 9.17) is 9.84 Å². The molecule has 5 nitrogen and oxygen atoms in total. The number of para-hydroxylation sites is 1. The molecule has 0 bridgehead atoms. The molecule has 25 heavy (non-hydrogen) atoms. The number of carboxylic acids is 1. The number of nitrogens with one attached hydrogen (secondary N) is 1. The molecule has 0 saturated heterocycles. The third kappa shape index (κ3) is 5.64. The van der Waals surface area contributed by atoms with E-state index in [1.165, 1.54) is 0 Å². The van der Waals surface area contributed by atoms with E-state index in [1.54, 1.807) is 18.2 Å². The van der Waals surface area contributed by atoms with Gasteiger partial charge >= 0.3 is 5.97 Å². The van der Waals surface area contributed by atoms with E-state index >= 15 is 0 Å². The van der Waals surface area contributed by atoms with Crippen LogP contribution < -0.4 is 10.1 Å².